The molecule has 0 saturated carbocycles. The lowest BCUT2D eigenvalue weighted by molar-refractivity contribution is 0.0761. The normalized spacial score (nSPS) is 14.6. The highest BCUT2D eigenvalue weighted by atomic mass is 35.5. The molecule has 1 saturated heterocycles. The smallest absolute Gasteiger partial charge is 0.255 e. The van der Waals surface area contributed by atoms with Crippen LogP contribution in [-0.2, 0) is 0 Å². The van der Waals surface area contributed by atoms with Crippen LogP contribution in [0.4, 0.5) is 5.69 Å². The van der Waals surface area contributed by atoms with Gasteiger partial charge < -0.3 is 10.2 Å². The van der Waals surface area contributed by atoms with Gasteiger partial charge in [0.1, 0.15) is 0 Å². The molecule has 1 heterocycles. The molecule has 2 amide bonds. The van der Waals surface area contributed by atoms with Gasteiger partial charge in [-0.2, -0.15) is 0 Å². The second-order valence-electron chi connectivity index (χ2n) is 6.37. The zero-order valence-corrected chi connectivity index (χ0v) is 15.8. The van der Waals surface area contributed by atoms with Crippen molar-refractivity contribution in [3.8, 4) is 0 Å². The fraction of sp³-hybridized carbons (Fsp3) is 0.300. The van der Waals surface area contributed by atoms with Gasteiger partial charge in [-0.1, -0.05) is 42.1 Å². The van der Waals surface area contributed by atoms with E-state index in [1.807, 2.05) is 4.90 Å². The fourth-order valence-electron chi connectivity index (χ4n) is 3.04. The Labute approximate surface area is 163 Å². The number of anilines is 1. The Bertz CT molecular complexity index is 815. The number of benzene rings is 2. The van der Waals surface area contributed by atoms with Crippen LogP contribution in [0, 0.1) is 0 Å². The second kappa shape index (κ2) is 8.56. The van der Waals surface area contributed by atoms with E-state index < -0.39 is 0 Å². The number of rotatable bonds is 3. The number of amides is 2. The lowest BCUT2D eigenvalue weighted by atomic mass is 10.1. The van der Waals surface area contributed by atoms with Gasteiger partial charge >= 0.3 is 0 Å². The van der Waals surface area contributed by atoms with Crippen LogP contribution in [0.2, 0.25) is 10.0 Å². The monoisotopic (exact) mass is 390 g/mol. The van der Waals surface area contributed by atoms with Crippen LogP contribution in [0.3, 0.4) is 0 Å². The van der Waals surface area contributed by atoms with Crippen LogP contribution < -0.4 is 5.32 Å². The highest BCUT2D eigenvalue weighted by Crippen LogP contribution is 2.26. The number of likely N-dealkylation sites (tertiary alicyclic amines) is 1. The summed E-state index contributed by atoms with van der Waals surface area (Å²) in [6.45, 7) is 1.54. The Hall–Kier alpha value is -2.04. The van der Waals surface area contributed by atoms with E-state index in [2.05, 4.69) is 5.32 Å². The third-order valence-corrected chi connectivity index (χ3v) is 5.01. The van der Waals surface area contributed by atoms with Gasteiger partial charge in [-0.3, -0.25) is 9.59 Å². The molecule has 0 bridgehead atoms. The quantitative estimate of drug-likeness (QED) is 0.776. The SMILES string of the molecule is O=C(Nc1cc(Cl)ccc1Cl)c1cccc(C(=O)N2CCCCCC2)c1. The maximum Gasteiger partial charge on any atom is 0.255 e. The van der Waals surface area contributed by atoms with Crippen molar-refractivity contribution in [3.63, 3.8) is 0 Å². The Kier molecular flexibility index (Phi) is 6.17. The van der Waals surface area contributed by atoms with E-state index in [-0.39, 0.29) is 11.8 Å². The zero-order valence-electron chi connectivity index (χ0n) is 14.3. The molecule has 6 heteroatoms. The number of hydrogen-bond acceptors (Lipinski definition) is 2. The van der Waals surface area contributed by atoms with Crippen LogP contribution in [0.25, 0.3) is 0 Å². The van der Waals surface area contributed by atoms with Crippen molar-refractivity contribution in [1.82, 2.24) is 4.90 Å². The van der Waals surface area contributed by atoms with Crippen molar-refractivity contribution in [1.29, 1.82) is 0 Å². The summed E-state index contributed by atoms with van der Waals surface area (Å²) >= 11 is 12.0. The molecule has 0 aromatic heterocycles. The number of carbonyl (C=O) groups excluding carboxylic acids is 2. The molecule has 0 atom stereocenters. The van der Waals surface area contributed by atoms with Crippen LogP contribution in [0.1, 0.15) is 46.4 Å². The first-order valence-electron chi connectivity index (χ1n) is 8.70. The molecule has 136 valence electrons. The maximum atomic E-state index is 12.7. The van der Waals surface area contributed by atoms with Crippen molar-refractivity contribution in [2.75, 3.05) is 18.4 Å². The Morgan fingerprint density at radius 3 is 2.31 bits per heavy atom. The lowest BCUT2D eigenvalue weighted by Crippen LogP contribution is -2.32. The minimum absolute atomic E-state index is 0.0256. The van der Waals surface area contributed by atoms with Crippen LogP contribution in [-0.4, -0.2) is 29.8 Å². The summed E-state index contributed by atoms with van der Waals surface area (Å²) in [5.74, 6) is -0.359. The Morgan fingerprint density at radius 1 is 0.885 bits per heavy atom. The largest absolute Gasteiger partial charge is 0.339 e. The molecule has 26 heavy (non-hydrogen) atoms. The predicted molar refractivity (Wildman–Crippen MR) is 105 cm³/mol. The number of hydrogen-bond donors (Lipinski definition) is 1. The number of carbonyl (C=O) groups is 2. The summed E-state index contributed by atoms with van der Waals surface area (Å²) in [4.78, 5) is 27.2. The van der Waals surface area contributed by atoms with E-state index in [1.165, 1.54) is 0 Å². The molecule has 1 aliphatic heterocycles. The summed E-state index contributed by atoms with van der Waals surface area (Å²) in [5, 5.41) is 3.63. The van der Waals surface area contributed by atoms with E-state index >= 15 is 0 Å². The standard InChI is InChI=1S/C20H20Cl2N2O2/c21-16-8-9-17(22)18(13-16)23-19(25)14-6-5-7-15(12-14)20(26)24-10-3-1-2-4-11-24/h5-9,12-13H,1-4,10-11H2,(H,23,25). The van der Waals surface area contributed by atoms with Crippen LogP contribution in [0.15, 0.2) is 42.5 Å². The molecule has 1 fully saturated rings. The van der Waals surface area contributed by atoms with Gasteiger partial charge in [0, 0.05) is 29.2 Å². The van der Waals surface area contributed by atoms with Crippen molar-refractivity contribution in [2.45, 2.75) is 25.7 Å². The zero-order chi connectivity index (χ0) is 18.5. The summed E-state index contributed by atoms with van der Waals surface area (Å²) < 4.78 is 0. The molecule has 2 aromatic carbocycles. The van der Waals surface area contributed by atoms with Gasteiger partial charge in [-0.05, 0) is 49.2 Å². The first kappa shape index (κ1) is 18.7. The maximum absolute atomic E-state index is 12.7. The molecular weight excluding hydrogens is 371 g/mol. The number of halogens is 2. The highest BCUT2D eigenvalue weighted by molar-refractivity contribution is 6.35. The predicted octanol–water partition coefficient (Wildman–Crippen LogP) is 5.26. The Balaban J connectivity index is 1.76. The topological polar surface area (TPSA) is 49.4 Å². The second-order valence-corrected chi connectivity index (χ2v) is 7.21. The van der Waals surface area contributed by atoms with Gasteiger partial charge in [0.2, 0.25) is 0 Å². The molecule has 0 unspecified atom stereocenters. The summed E-state index contributed by atoms with van der Waals surface area (Å²) in [6.07, 6.45) is 4.37. The average molecular weight is 391 g/mol. The van der Waals surface area contributed by atoms with Crippen LogP contribution >= 0.6 is 23.2 Å². The van der Waals surface area contributed by atoms with Crippen molar-refractivity contribution in [2.24, 2.45) is 0 Å². The van der Waals surface area contributed by atoms with E-state index in [0.717, 1.165) is 38.8 Å². The molecule has 4 nitrogen and oxygen atoms in total. The van der Waals surface area contributed by atoms with Crippen LogP contribution in [0.5, 0.6) is 0 Å². The van der Waals surface area contributed by atoms with Gasteiger partial charge in [-0.15, -0.1) is 0 Å². The first-order chi connectivity index (χ1) is 12.5. The molecule has 1 aliphatic rings. The van der Waals surface area contributed by atoms with Crippen molar-refractivity contribution >= 4 is 40.7 Å². The van der Waals surface area contributed by atoms with Gasteiger partial charge in [0.15, 0.2) is 0 Å². The third-order valence-electron chi connectivity index (χ3n) is 4.44. The van der Waals surface area contributed by atoms with Crippen molar-refractivity contribution < 1.29 is 9.59 Å². The number of nitrogens with zero attached hydrogens (tertiary/aromatic N) is 1. The van der Waals surface area contributed by atoms with Gasteiger partial charge in [0.25, 0.3) is 11.8 Å². The van der Waals surface area contributed by atoms with E-state index in [4.69, 9.17) is 23.2 Å². The molecule has 0 radical (unpaired) electrons. The third kappa shape index (κ3) is 4.57. The molecule has 0 spiro atoms. The van der Waals surface area contributed by atoms with Gasteiger partial charge in [0.05, 0.1) is 10.7 Å². The minimum atomic E-state index is -0.334. The van der Waals surface area contributed by atoms with Crippen molar-refractivity contribution in [3.05, 3.63) is 63.6 Å². The molecule has 2 aromatic rings. The average Bonchev–Trinajstić information content (AvgIpc) is 2.93. The molecule has 1 N–H and O–H groups in total. The number of nitrogens with one attached hydrogen (secondary N) is 1. The van der Waals surface area contributed by atoms with Gasteiger partial charge in [-0.25, -0.2) is 0 Å². The highest BCUT2D eigenvalue weighted by Gasteiger charge is 2.18. The van der Waals surface area contributed by atoms with E-state index in [0.29, 0.717) is 26.9 Å². The summed E-state index contributed by atoms with van der Waals surface area (Å²) in [7, 11) is 0. The molecular formula is C20H20Cl2N2O2. The molecule has 3 rings (SSSR count). The summed E-state index contributed by atoms with van der Waals surface area (Å²) in [5.41, 5.74) is 1.37. The fourth-order valence-corrected chi connectivity index (χ4v) is 3.37. The van der Waals surface area contributed by atoms with E-state index in [9.17, 15) is 9.59 Å². The lowest BCUT2D eigenvalue weighted by Gasteiger charge is -2.20. The Morgan fingerprint density at radius 2 is 1.58 bits per heavy atom. The minimum Gasteiger partial charge on any atom is -0.339 e. The van der Waals surface area contributed by atoms with E-state index in [1.54, 1.807) is 42.5 Å². The summed E-state index contributed by atoms with van der Waals surface area (Å²) in [6, 6.07) is 11.6. The first-order valence-corrected chi connectivity index (χ1v) is 9.46. The molecule has 0 aliphatic carbocycles.